The molecule has 1 N–H and O–H groups in total. The SMILES string of the molecule is COc1ccc(-n2nnc(C(=O)NCCc3ccccc3)c2CSc2nc(C)cc(C)n2)cc1. The molecule has 0 radical (unpaired) electrons. The molecule has 0 bridgehead atoms. The van der Waals surface area contributed by atoms with E-state index in [2.05, 4.69) is 25.6 Å². The number of thioether (sulfide) groups is 1. The molecule has 0 aliphatic heterocycles. The van der Waals surface area contributed by atoms with Crippen molar-refractivity contribution in [2.45, 2.75) is 31.2 Å². The summed E-state index contributed by atoms with van der Waals surface area (Å²) in [5.41, 5.74) is 4.71. The number of amides is 1. The standard InChI is InChI=1S/C25H26N6O2S/c1-17-15-18(2)28-25(27-17)34-16-22-23(24(32)26-14-13-19-7-5-4-6-8-19)29-30-31(22)20-9-11-21(33-3)12-10-20/h4-12,15H,13-14,16H2,1-3H3,(H,26,32). The maximum absolute atomic E-state index is 13.0. The lowest BCUT2D eigenvalue weighted by Crippen LogP contribution is -2.27. The van der Waals surface area contributed by atoms with Crippen LogP contribution in [0.15, 0.2) is 65.8 Å². The fraction of sp³-hybridized carbons (Fsp3) is 0.240. The summed E-state index contributed by atoms with van der Waals surface area (Å²) in [6.07, 6.45) is 0.736. The van der Waals surface area contributed by atoms with Gasteiger partial charge in [0.25, 0.3) is 5.91 Å². The van der Waals surface area contributed by atoms with Crippen LogP contribution in [0.25, 0.3) is 5.69 Å². The van der Waals surface area contributed by atoms with E-state index in [0.29, 0.717) is 28.8 Å². The van der Waals surface area contributed by atoms with E-state index in [1.807, 2.05) is 74.5 Å². The van der Waals surface area contributed by atoms with Crippen molar-refractivity contribution in [3.8, 4) is 11.4 Å². The van der Waals surface area contributed by atoms with Crippen LogP contribution in [0.4, 0.5) is 0 Å². The van der Waals surface area contributed by atoms with Gasteiger partial charge in [0.2, 0.25) is 0 Å². The first-order valence-corrected chi connectivity index (χ1v) is 11.9. The van der Waals surface area contributed by atoms with Crippen molar-refractivity contribution < 1.29 is 9.53 Å². The third-order valence-electron chi connectivity index (χ3n) is 5.14. The molecule has 2 aromatic heterocycles. The molecule has 0 atom stereocenters. The van der Waals surface area contributed by atoms with Gasteiger partial charge in [0, 0.05) is 23.7 Å². The molecule has 174 valence electrons. The van der Waals surface area contributed by atoms with Crippen molar-refractivity contribution in [3.63, 3.8) is 0 Å². The van der Waals surface area contributed by atoms with E-state index in [9.17, 15) is 4.79 Å². The van der Waals surface area contributed by atoms with Gasteiger partial charge in [0.1, 0.15) is 5.75 Å². The number of hydrogen-bond acceptors (Lipinski definition) is 7. The fourth-order valence-electron chi connectivity index (χ4n) is 3.48. The van der Waals surface area contributed by atoms with Crippen LogP contribution in [0.3, 0.4) is 0 Å². The molecule has 2 aromatic carbocycles. The van der Waals surface area contributed by atoms with Gasteiger partial charge in [-0.1, -0.05) is 47.3 Å². The first-order valence-electron chi connectivity index (χ1n) is 10.9. The van der Waals surface area contributed by atoms with Crippen molar-refractivity contribution in [3.05, 3.63) is 89.0 Å². The average Bonchev–Trinajstić information content (AvgIpc) is 3.27. The highest BCUT2D eigenvalue weighted by molar-refractivity contribution is 7.98. The monoisotopic (exact) mass is 474 g/mol. The molecule has 34 heavy (non-hydrogen) atoms. The second kappa shape index (κ2) is 10.9. The zero-order valence-corrected chi connectivity index (χ0v) is 20.2. The van der Waals surface area contributed by atoms with Gasteiger partial charge in [-0.05, 0) is 56.2 Å². The zero-order chi connectivity index (χ0) is 23.9. The summed E-state index contributed by atoms with van der Waals surface area (Å²) in [7, 11) is 1.62. The highest BCUT2D eigenvalue weighted by atomic mass is 32.2. The van der Waals surface area contributed by atoms with Crippen LogP contribution < -0.4 is 10.1 Å². The van der Waals surface area contributed by atoms with E-state index in [0.717, 1.165) is 34.8 Å². The molecule has 4 aromatic rings. The lowest BCUT2D eigenvalue weighted by atomic mass is 10.1. The van der Waals surface area contributed by atoms with Crippen LogP contribution in [0.5, 0.6) is 5.75 Å². The van der Waals surface area contributed by atoms with Gasteiger partial charge in [-0.25, -0.2) is 14.6 Å². The second-order valence-corrected chi connectivity index (χ2v) is 8.65. The molecular weight excluding hydrogens is 448 g/mol. The summed E-state index contributed by atoms with van der Waals surface area (Å²) in [6, 6.07) is 19.4. The van der Waals surface area contributed by atoms with Gasteiger partial charge in [0.05, 0.1) is 18.5 Å². The minimum Gasteiger partial charge on any atom is -0.497 e. The Hall–Kier alpha value is -3.72. The molecular formula is C25H26N6O2S. The molecule has 0 saturated carbocycles. The first kappa shape index (κ1) is 23.4. The van der Waals surface area contributed by atoms with Gasteiger partial charge in [-0.2, -0.15) is 0 Å². The van der Waals surface area contributed by atoms with Crippen LogP contribution >= 0.6 is 11.8 Å². The molecule has 0 spiro atoms. The third-order valence-corrected chi connectivity index (χ3v) is 6.00. The minimum absolute atomic E-state index is 0.257. The molecule has 9 heteroatoms. The maximum Gasteiger partial charge on any atom is 0.273 e. The Bertz CT molecular complexity index is 1240. The largest absolute Gasteiger partial charge is 0.497 e. The molecule has 0 saturated heterocycles. The Morgan fingerprint density at radius 2 is 1.74 bits per heavy atom. The Morgan fingerprint density at radius 3 is 2.41 bits per heavy atom. The molecule has 1 amide bonds. The van der Waals surface area contributed by atoms with E-state index < -0.39 is 0 Å². The first-order chi connectivity index (χ1) is 16.5. The number of rotatable bonds is 9. The van der Waals surface area contributed by atoms with Gasteiger partial charge in [0.15, 0.2) is 10.9 Å². The summed E-state index contributed by atoms with van der Waals surface area (Å²) in [6.45, 7) is 4.38. The van der Waals surface area contributed by atoms with Gasteiger partial charge < -0.3 is 10.1 Å². The van der Waals surface area contributed by atoms with E-state index in [4.69, 9.17) is 4.74 Å². The minimum atomic E-state index is -0.257. The predicted octanol–water partition coefficient (Wildman–Crippen LogP) is 3.95. The van der Waals surface area contributed by atoms with Crippen LogP contribution in [-0.4, -0.2) is 44.5 Å². The zero-order valence-electron chi connectivity index (χ0n) is 19.4. The highest BCUT2D eigenvalue weighted by Gasteiger charge is 2.21. The summed E-state index contributed by atoms with van der Waals surface area (Å²) in [5, 5.41) is 12.1. The van der Waals surface area contributed by atoms with Crippen molar-refractivity contribution >= 4 is 17.7 Å². The second-order valence-electron chi connectivity index (χ2n) is 7.71. The van der Waals surface area contributed by atoms with Gasteiger partial charge in [-0.15, -0.1) is 5.10 Å². The smallest absolute Gasteiger partial charge is 0.273 e. The Labute approximate surface area is 202 Å². The van der Waals surface area contributed by atoms with Gasteiger partial charge >= 0.3 is 0 Å². The summed E-state index contributed by atoms with van der Waals surface area (Å²) < 4.78 is 6.94. The molecule has 0 aliphatic carbocycles. The number of ether oxygens (including phenoxy) is 1. The fourth-order valence-corrected chi connectivity index (χ4v) is 4.42. The van der Waals surface area contributed by atoms with Crippen LogP contribution in [0, 0.1) is 13.8 Å². The Kier molecular flexibility index (Phi) is 7.54. The Balaban J connectivity index is 1.56. The molecule has 4 rings (SSSR count). The van der Waals surface area contributed by atoms with E-state index in [-0.39, 0.29) is 5.91 Å². The number of methoxy groups -OCH3 is 1. The topological polar surface area (TPSA) is 94.8 Å². The number of carbonyl (C=O) groups is 1. The van der Waals surface area contributed by atoms with Crippen LogP contribution in [-0.2, 0) is 12.2 Å². The Morgan fingerprint density at radius 1 is 1.03 bits per heavy atom. The van der Waals surface area contributed by atoms with E-state index in [1.165, 1.54) is 11.8 Å². The lowest BCUT2D eigenvalue weighted by molar-refractivity contribution is 0.0948. The normalized spacial score (nSPS) is 10.8. The van der Waals surface area contributed by atoms with Crippen molar-refractivity contribution in [1.29, 1.82) is 0 Å². The summed E-state index contributed by atoms with van der Waals surface area (Å²) in [4.78, 5) is 22.0. The maximum atomic E-state index is 13.0. The highest BCUT2D eigenvalue weighted by Crippen LogP contribution is 2.24. The predicted molar refractivity (Wildman–Crippen MR) is 131 cm³/mol. The van der Waals surface area contributed by atoms with Crippen molar-refractivity contribution in [1.82, 2.24) is 30.3 Å². The van der Waals surface area contributed by atoms with Crippen LogP contribution in [0.1, 0.15) is 33.1 Å². The molecule has 8 nitrogen and oxygen atoms in total. The number of benzene rings is 2. The number of carbonyl (C=O) groups excluding carboxylic acids is 1. The number of nitrogens with zero attached hydrogens (tertiary/aromatic N) is 5. The molecule has 0 unspecified atom stereocenters. The number of hydrogen-bond donors (Lipinski definition) is 1. The summed E-state index contributed by atoms with van der Waals surface area (Å²) in [5.74, 6) is 0.915. The van der Waals surface area contributed by atoms with Gasteiger partial charge in [-0.3, -0.25) is 4.79 Å². The van der Waals surface area contributed by atoms with Crippen molar-refractivity contribution in [2.75, 3.05) is 13.7 Å². The number of aromatic nitrogens is 5. The third kappa shape index (κ3) is 5.79. The quantitative estimate of drug-likeness (QED) is 0.290. The van der Waals surface area contributed by atoms with Crippen molar-refractivity contribution in [2.24, 2.45) is 0 Å². The number of nitrogens with one attached hydrogen (secondary N) is 1. The van der Waals surface area contributed by atoms with E-state index in [1.54, 1.807) is 11.8 Å². The molecule has 0 fully saturated rings. The van der Waals surface area contributed by atoms with Crippen LogP contribution in [0.2, 0.25) is 0 Å². The number of aryl methyl sites for hydroxylation is 2. The lowest BCUT2D eigenvalue weighted by Gasteiger charge is -2.09. The molecule has 2 heterocycles. The molecule has 0 aliphatic rings. The average molecular weight is 475 g/mol. The van der Waals surface area contributed by atoms with E-state index >= 15 is 0 Å². The summed E-state index contributed by atoms with van der Waals surface area (Å²) >= 11 is 1.45.